The van der Waals surface area contributed by atoms with Crippen LogP contribution in [0.5, 0.6) is 5.75 Å². The maximum absolute atomic E-state index is 12.9. The van der Waals surface area contributed by atoms with Gasteiger partial charge in [0.1, 0.15) is 17.9 Å². The smallest absolute Gasteiger partial charge is 0.336 e. The quantitative estimate of drug-likeness (QED) is 0.517. The maximum atomic E-state index is 12.9. The van der Waals surface area contributed by atoms with Crippen LogP contribution >= 0.6 is 0 Å². The number of ether oxygens (including phenoxy) is 1. The Kier molecular flexibility index (Phi) is 7.01. The molecule has 0 aliphatic carbocycles. The number of benzene rings is 2. The number of hydrogen-bond donors (Lipinski definition) is 0. The fraction of sp³-hybridized carbons (Fsp3) is 0.370. The molecule has 7 heteroatoms. The Balaban J connectivity index is 1.33. The molecule has 1 aliphatic rings. The highest BCUT2D eigenvalue weighted by molar-refractivity contribution is 5.94. The molecule has 2 aromatic carbocycles. The fourth-order valence-corrected chi connectivity index (χ4v) is 4.13. The van der Waals surface area contributed by atoms with Gasteiger partial charge in [-0.1, -0.05) is 26.0 Å². The van der Waals surface area contributed by atoms with Gasteiger partial charge in [-0.25, -0.2) is 4.79 Å². The molecule has 0 N–H and O–H groups in total. The topological polar surface area (TPSA) is 80.1 Å². The van der Waals surface area contributed by atoms with Gasteiger partial charge in [-0.05, 0) is 48.2 Å². The van der Waals surface area contributed by atoms with Crippen molar-refractivity contribution in [2.75, 3.05) is 26.2 Å². The largest absolute Gasteiger partial charge is 0.489 e. The molecule has 0 unspecified atom stereocenters. The van der Waals surface area contributed by atoms with E-state index < -0.39 is 0 Å². The van der Waals surface area contributed by atoms with Crippen LogP contribution in [0.2, 0.25) is 0 Å². The summed E-state index contributed by atoms with van der Waals surface area (Å²) < 4.78 is 11.1. The van der Waals surface area contributed by atoms with Gasteiger partial charge >= 0.3 is 5.63 Å². The van der Waals surface area contributed by atoms with Crippen LogP contribution in [0.15, 0.2) is 57.7 Å². The van der Waals surface area contributed by atoms with Crippen molar-refractivity contribution in [2.45, 2.75) is 33.8 Å². The van der Waals surface area contributed by atoms with Gasteiger partial charge in [0.05, 0.1) is 0 Å². The zero-order chi connectivity index (χ0) is 24.2. The fourth-order valence-electron chi connectivity index (χ4n) is 4.13. The molecule has 0 spiro atoms. The second-order valence-corrected chi connectivity index (χ2v) is 9.16. The minimum atomic E-state index is -0.383. The van der Waals surface area contributed by atoms with E-state index in [-0.39, 0.29) is 17.4 Å². The summed E-state index contributed by atoms with van der Waals surface area (Å²) in [6, 6.07) is 14.3. The number of carbonyl (C=O) groups is 2. The van der Waals surface area contributed by atoms with Crippen LogP contribution in [0, 0.1) is 12.8 Å². The molecule has 3 aromatic rings. The first-order valence-electron chi connectivity index (χ1n) is 11.6. The third kappa shape index (κ3) is 5.47. The van der Waals surface area contributed by atoms with Crippen molar-refractivity contribution in [1.82, 2.24) is 9.80 Å². The first-order valence-corrected chi connectivity index (χ1v) is 11.6. The van der Waals surface area contributed by atoms with Crippen molar-refractivity contribution >= 4 is 22.8 Å². The lowest BCUT2D eigenvalue weighted by Crippen LogP contribution is -2.50. The van der Waals surface area contributed by atoms with E-state index in [0.717, 1.165) is 16.5 Å². The van der Waals surface area contributed by atoms with E-state index >= 15 is 0 Å². The molecule has 0 radical (unpaired) electrons. The molecule has 4 rings (SSSR count). The SMILES string of the molecule is Cc1cc(=O)oc2cc(OCc3ccc(C(=O)N4CCN(C(=O)CC(C)C)CC4)cc3)ccc12. The third-order valence-electron chi connectivity index (χ3n) is 6.03. The van der Waals surface area contributed by atoms with Gasteiger partial charge in [0.25, 0.3) is 5.91 Å². The van der Waals surface area contributed by atoms with E-state index in [1.54, 1.807) is 23.1 Å². The molecule has 1 aromatic heterocycles. The normalized spacial score (nSPS) is 14.0. The summed E-state index contributed by atoms with van der Waals surface area (Å²) in [6.07, 6.45) is 0.546. The Bertz CT molecular complexity index is 1240. The molecular weight excluding hydrogens is 432 g/mol. The monoisotopic (exact) mass is 462 g/mol. The highest BCUT2D eigenvalue weighted by Gasteiger charge is 2.25. The Labute approximate surface area is 198 Å². The van der Waals surface area contributed by atoms with Gasteiger partial charge in [0, 0.05) is 55.7 Å². The van der Waals surface area contributed by atoms with Gasteiger partial charge in [-0.15, -0.1) is 0 Å². The zero-order valence-electron chi connectivity index (χ0n) is 19.9. The number of carbonyl (C=O) groups excluding carboxylic acids is 2. The van der Waals surface area contributed by atoms with Crippen LogP contribution in [0.1, 0.15) is 41.8 Å². The van der Waals surface area contributed by atoms with Crippen molar-refractivity contribution in [3.8, 4) is 5.75 Å². The average molecular weight is 463 g/mol. The van der Waals surface area contributed by atoms with E-state index in [0.29, 0.717) is 62.0 Å². The molecule has 7 nitrogen and oxygen atoms in total. The van der Waals surface area contributed by atoms with Crippen molar-refractivity contribution < 1.29 is 18.7 Å². The molecule has 0 saturated carbocycles. The van der Waals surface area contributed by atoms with Crippen molar-refractivity contribution in [3.05, 3.63) is 75.6 Å². The molecule has 1 aliphatic heterocycles. The Hall–Kier alpha value is -3.61. The third-order valence-corrected chi connectivity index (χ3v) is 6.03. The van der Waals surface area contributed by atoms with Gasteiger partial charge in [0.15, 0.2) is 0 Å². The van der Waals surface area contributed by atoms with Gasteiger partial charge < -0.3 is 19.0 Å². The molecule has 1 saturated heterocycles. The number of rotatable bonds is 6. The van der Waals surface area contributed by atoms with Crippen molar-refractivity contribution in [3.63, 3.8) is 0 Å². The first-order chi connectivity index (χ1) is 16.3. The predicted molar refractivity (Wildman–Crippen MR) is 130 cm³/mol. The number of aryl methyl sites for hydroxylation is 1. The highest BCUT2D eigenvalue weighted by atomic mass is 16.5. The number of fused-ring (bicyclic) bond motifs is 1. The molecule has 2 heterocycles. The zero-order valence-corrected chi connectivity index (χ0v) is 19.9. The van der Waals surface area contributed by atoms with E-state index in [1.807, 2.05) is 49.9 Å². The van der Waals surface area contributed by atoms with E-state index in [1.165, 1.54) is 6.07 Å². The van der Waals surface area contributed by atoms with Crippen LogP contribution in [0.25, 0.3) is 11.0 Å². The minimum Gasteiger partial charge on any atom is -0.489 e. The van der Waals surface area contributed by atoms with Crippen LogP contribution in [-0.4, -0.2) is 47.8 Å². The lowest BCUT2D eigenvalue weighted by atomic mass is 10.1. The Morgan fingerprint density at radius 1 is 0.971 bits per heavy atom. The number of hydrogen-bond acceptors (Lipinski definition) is 5. The van der Waals surface area contributed by atoms with Crippen LogP contribution in [-0.2, 0) is 11.4 Å². The van der Waals surface area contributed by atoms with Gasteiger partial charge in [0.2, 0.25) is 5.91 Å². The summed E-state index contributed by atoms with van der Waals surface area (Å²) in [5.41, 5.74) is 2.52. The molecule has 34 heavy (non-hydrogen) atoms. The van der Waals surface area contributed by atoms with Gasteiger partial charge in [-0.3, -0.25) is 9.59 Å². The molecule has 0 atom stereocenters. The summed E-state index contributed by atoms with van der Waals surface area (Å²) in [5, 5.41) is 0.875. The van der Waals surface area contributed by atoms with Crippen LogP contribution in [0.4, 0.5) is 0 Å². The molecule has 0 bridgehead atoms. The lowest BCUT2D eigenvalue weighted by molar-refractivity contribution is -0.133. The van der Waals surface area contributed by atoms with Crippen molar-refractivity contribution in [1.29, 1.82) is 0 Å². The van der Waals surface area contributed by atoms with E-state index in [4.69, 9.17) is 9.15 Å². The molecule has 2 amide bonds. The molecule has 178 valence electrons. The van der Waals surface area contributed by atoms with E-state index in [2.05, 4.69) is 0 Å². The van der Waals surface area contributed by atoms with Crippen molar-refractivity contribution in [2.24, 2.45) is 5.92 Å². The summed E-state index contributed by atoms with van der Waals surface area (Å²) in [5.74, 6) is 1.07. The second kappa shape index (κ2) is 10.1. The Morgan fingerprint density at radius 2 is 1.65 bits per heavy atom. The standard InChI is InChI=1S/C27H30N2O5/c1-18(2)14-25(30)28-10-12-29(13-11-28)27(32)21-6-4-20(5-7-21)17-33-22-8-9-23-19(3)15-26(31)34-24(23)16-22/h4-9,15-16,18H,10-14,17H2,1-3H3. The number of piperazine rings is 1. The summed E-state index contributed by atoms with van der Waals surface area (Å²) >= 11 is 0. The van der Waals surface area contributed by atoms with Crippen LogP contribution in [0.3, 0.4) is 0 Å². The maximum Gasteiger partial charge on any atom is 0.336 e. The average Bonchev–Trinajstić information content (AvgIpc) is 2.82. The molecular formula is C27H30N2O5. The summed E-state index contributed by atoms with van der Waals surface area (Å²) in [7, 11) is 0. The minimum absolute atomic E-state index is 0.0247. The molecule has 1 fully saturated rings. The first kappa shape index (κ1) is 23.5. The van der Waals surface area contributed by atoms with Crippen LogP contribution < -0.4 is 10.4 Å². The van der Waals surface area contributed by atoms with E-state index in [9.17, 15) is 14.4 Å². The Morgan fingerprint density at radius 3 is 2.32 bits per heavy atom. The lowest BCUT2D eigenvalue weighted by Gasteiger charge is -2.35. The second-order valence-electron chi connectivity index (χ2n) is 9.16. The number of amides is 2. The van der Waals surface area contributed by atoms with Gasteiger partial charge in [-0.2, -0.15) is 0 Å². The summed E-state index contributed by atoms with van der Waals surface area (Å²) in [6.45, 7) is 8.52. The summed E-state index contributed by atoms with van der Waals surface area (Å²) in [4.78, 5) is 40.4. The highest BCUT2D eigenvalue weighted by Crippen LogP contribution is 2.23. The number of nitrogens with zero attached hydrogens (tertiary/aromatic N) is 2. The predicted octanol–water partition coefficient (Wildman–Crippen LogP) is 4.01.